The molecule has 1 heterocycles. The SMILES string of the molecule is CC(C)=CC1C(C(=O)NCCc2ccccn2)C1(C)C. The highest BCUT2D eigenvalue weighted by atomic mass is 16.2. The van der Waals surface area contributed by atoms with E-state index in [2.05, 4.69) is 44.1 Å². The second kappa shape index (κ2) is 5.78. The molecule has 108 valence electrons. The monoisotopic (exact) mass is 272 g/mol. The largest absolute Gasteiger partial charge is 0.355 e. The number of allylic oxidation sites excluding steroid dienone is 2. The van der Waals surface area contributed by atoms with E-state index in [4.69, 9.17) is 0 Å². The molecule has 1 fully saturated rings. The Bertz CT molecular complexity index is 501. The van der Waals surface area contributed by atoms with Gasteiger partial charge in [-0.2, -0.15) is 0 Å². The first-order valence-electron chi connectivity index (χ1n) is 7.25. The molecule has 2 rings (SSSR count). The molecule has 0 saturated heterocycles. The lowest BCUT2D eigenvalue weighted by molar-refractivity contribution is -0.123. The fraction of sp³-hybridized carbons (Fsp3) is 0.529. The average molecular weight is 272 g/mol. The molecule has 0 radical (unpaired) electrons. The van der Waals surface area contributed by atoms with Crippen LogP contribution < -0.4 is 5.32 Å². The molecule has 1 amide bonds. The topological polar surface area (TPSA) is 42.0 Å². The minimum atomic E-state index is 0.0896. The third-order valence-electron chi connectivity index (χ3n) is 4.11. The van der Waals surface area contributed by atoms with Crippen molar-refractivity contribution in [3.05, 3.63) is 41.7 Å². The van der Waals surface area contributed by atoms with Gasteiger partial charge < -0.3 is 5.32 Å². The van der Waals surface area contributed by atoms with Crippen molar-refractivity contribution < 1.29 is 4.79 Å². The molecule has 0 bridgehead atoms. The van der Waals surface area contributed by atoms with Gasteiger partial charge in [-0.25, -0.2) is 0 Å². The molecule has 0 spiro atoms. The Kier molecular flexibility index (Phi) is 4.26. The molecule has 1 aliphatic carbocycles. The summed E-state index contributed by atoms with van der Waals surface area (Å²) in [5.41, 5.74) is 2.39. The lowest BCUT2D eigenvalue weighted by atomic mass is 10.1. The molecule has 3 nitrogen and oxygen atoms in total. The first-order valence-corrected chi connectivity index (χ1v) is 7.25. The van der Waals surface area contributed by atoms with Crippen LogP contribution in [-0.4, -0.2) is 17.4 Å². The van der Waals surface area contributed by atoms with Crippen molar-refractivity contribution in [1.29, 1.82) is 0 Å². The Balaban J connectivity index is 1.83. The van der Waals surface area contributed by atoms with Gasteiger partial charge in [0.2, 0.25) is 5.91 Å². The Morgan fingerprint density at radius 2 is 2.15 bits per heavy atom. The Morgan fingerprint density at radius 3 is 2.75 bits per heavy atom. The zero-order valence-corrected chi connectivity index (χ0v) is 12.8. The third-order valence-corrected chi connectivity index (χ3v) is 4.11. The van der Waals surface area contributed by atoms with Gasteiger partial charge in [-0.15, -0.1) is 0 Å². The number of hydrogen-bond donors (Lipinski definition) is 1. The van der Waals surface area contributed by atoms with Gasteiger partial charge in [0.1, 0.15) is 0 Å². The van der Waals surface area contributed by atoms with Crippen molar-refractivity contribution in [2.75, 3.05) is 6.54 Å². The predicted molar refractivity (Wildman–Crippen MR) is 81.1 cm³/mol. The molecule has 1 N–H and O–H groups in total. The van der Waals surface area contributed by atoms with Crippen LogP contribution in [0.25, 0.3) is 0 Å². The van der Waals surface area contributed by atoms with Crippen LogP contribution in [0.3, 0.4) is 0 Å². The lowest BCUT2D eigenvalue weighted by Gasteiger charge is -2.05. The van der Waals surface area contributed by atoms with Crippen molar-refractivity contribution in [2.24, 2.45) is 17.3 Å². The van der Waals surface area contributed by atoms with Crippen LogP contribution in [0.5, 0.6) is 0 Å². The van der Waals surface area contributed by atoms with Crippen molar-refractivity contribution in [3.63, 3.8) is 0 Å². The van der Waals surface area contributed by atoms with Crippen LogP contribution in [-0.2, 0) is 11.2 Å². The van der Waals surface area contributed by atoms with Crippen molar-refractivity contribution in [1.82, 2.24) is 10.3 Å². The van der Waals surface area contributed by atoms with Gasteiger partial charge in [0.25, 0.3) is 0 Å². The molecule has 2 unspecified atom stereocenters. The summed E-state index contributed by atoms with van der Waals surface area (Å²) < 4.78 is 0. The van der Waals surface area contributed by atoms with Gasteiger partial charge in [0.15, 0.2) is 0 Å². The van der Waals surface area contributed by atoms with Gasteiger partial charge in [0, 0.05) is 24.9 Å². The molecule has 1 aliphatic rings. The minimum absolute atomic E-state index is 0.0896. The van der Waals surface area contributed by atoms with E-state index in [1.165, 1.54) is 5.57 Å². The minimum Gasteiger partial charge on any atom is -0.355 e. The van der Waals surface area contributed by atoms with Gasteiger partial charge in [-0.3, -0.25) is 9.78 Å². The lowest BCUT2D eigenvalue weighted by Crippen LogP contribution is -2.29. The number of carbonyl (C=O) groups excluding carboxylic acids is 1. The van der Waals surface area contributed by atoms with E-state index in [1.807, 2.05) is 18.2 Å². The number of hydrogen-bond acceptors (Lipinski definition) is 2. The second-order valence-corrected chi connectivity index (χ2v) is 6.43. The van der Waals surface area contributed by atoms with E-state index < -0.39 is 0 Å². The summed E-state index contributed by atoms with van der Waals surface area (Å²) in [7, 11) is 0. The highest BCUT2D eigenvalue weighted by Gasteiger charge is 2.60. The molecule has 1 aromatic heterocycles. The maximum absolute atomic E-state index is 12.2. The Labute approximate surface area is 121 Å². The maximum atomic E-state index is 12.2. The second-order valence-electron chi connectivity index (χ2n) is 6.43. The average Bonchev–Trinajstić information content (AvgIpc) is 2.91. The van der Waals surface area contributed by atoms with Crippen molar-refractivity contribution in [3.8, 4) is 0 Å². The summed E-state index contributed by atoms with van der Waals surface area (Å²) >= 11 is 0. The number of pyridine rings is 1. The summed E-state index contributed by atoms with van der Waals surface area (Å²) in [6.45, 7) is 9.17. The van der Waals surface area contributed by atoms with E-state index >= 15 is 0 Å². The molecule has 20 heavy (non-hydrogen) atoms. The maximum Gasteiger partial charge on any atom is 0.224 e. The third kappa shape index (κ3) is 3.27. The number of aromatic nitrogens is 1. The van der Waals surface area contributed by atoms with Gasteiger partial charge in [-0.1, -0.05) is 31.6 Å². The van der Waals surface area contributed by atoms with E-state index in [-0.39, 0.29) is 17.2 Å². The predicted octanol–water partition coefficient (Wildman–Crippen LogP) is 2.98. The molecule has 3 heteroatoms. The summed E-state index contributed by atoms with van der Waals surface area (Å²) in [5.74, 6) is 0.664. The quantitative estimate of drug-likeness (QED) is 0.837. The fourth-order valence-electron chi connectivity index (χ4n) is 2.82. The number of rotatable bonds is 5. The van der Waals surface area contributed by atoms with Gasteiger partial charge in [0.05, 0.1) is 5.92 Å². The van der Waals surface area contributed by atoms with Gasteiger partial charge in [-0.05, 0) is 37.3 Å². The smallest absolute Gasteiger partial charge is 0.224 e. The molecule has 2 atom stereocenters. The van der Waals surface area contributed by atoms with E-state index in [9.17, 15) is 4.79 Å². The number of amides is 1. The van der Waals surface area contributed by atoms with Crippen LogP contribution >= 0.6 is 0 Å². The number of nitrogens with one attached hydrogen (secondary N) is 1. The molecular weight excluding hydrogens is 248 g/mol. The number of carbonyl (C=O) groups is 1. The number of nitrogens with zero attached hydrogens (tertiary/aromatic N) is 1. The summed E-state index contributed by atoms with van der Waals surface area (Å²) in [6, 6.07) is 5.86. The van der Waals surface area contributed by atoms with Crippen molar-refractivity contribution >= 4 is 5.91 Å². The van der Waals surface area contributed by atoms with Crippen LogP contribution in [0.15, 0.2) is 36.0 Å². The first kappa shape index (κ1) is 14.8. The fourth-order valence-corrected chi connectivity index (χ4v) is 2.82. The van der Waals surface area contributed by atoms with Crippen LogP contribution in [0, 0.1) is 17.3 Å². The van der Waals surface area contributed by atoms with Crippen LogP contribution in [0.1, 0.15) is 33.4 Å². The van der Waals surface area contributed by atoms with Crippen molar-refractivity contribution in [2.45, 2.75) is 34.1 Å². The molecular formula is C17H24N2O. The molecule has 1 saturated carbocycles. The standard InChI is InChI=1S/C17H24N2O/c1-12(2)11-14-15(17(14,3)4)16(20)19-10-8-13-7-5-6-9-18-13/h5-7,9,11,14-15H,8,10H2,1-4H3,(H,19,20). The summed E-state index contributed by atoms with van der Waals surface area (Å²) in [6.07, 6.45) is 4.79. The van der Waals surface area contributed by atoms with Crippen LogP contribution in [0.2, 0.25) is 0 Å². The zero-order chi connectivity index (χ0) is 14.8. The summed E-state index contributed by atoms with van der Waals surface area (Å²) in [5, 5.41) is 3.04. The Hall–Kier alpha value is -1.64. The highest BCUT2D eigenvalue weighted by Crippen LogP contribution is 2.59. The molecule has 0 aromatic carbocycles. The zero-order valence-electron chi connectivity index (χ0n) is 12.8. The summed E-state index contributed by atoms with van der Waals surface area (Å²) in [4.78, 5) is 16.5. The van der Waals surface area contributed by atoms with E-state index in [0.29, 0.717) is 12.5 Å². The normalized spacial score (nSPS) is 23.0. The Morgan fingerprint density at radius 1 is 1.40 bits per heavy atom. The van der Waals surface area contributed by atoms with Gasteiger partial charge >= 0.3 is 0 Å². The molecule has 1 aromatic rings. The van der Waals surface area contributed by atoms with Crippen LogP contribution in [0.4, 0.5) is 0 Å². The van der Waals surface area contributed by atoms with E-state index in [1.54, 1.807) is 6.20 Å². The first-order chi connectivity index (χ1) is 9.43. The van der Waals surface area contributed by atoms with E-state index in [0.717, 1.165) is 12.1 Å². The highest BCUT2D eigenvalue weighted by molar-refractivity contribution is 5.83. The molecule has 0 aliphatic heterocycles.